The second-order valence-corrected chi connectivity index (χ2v) is 20.6. The van der Waals surface area contributed by atoms with Crippen molar-refractivity contribution in [3.8, 4) is 0 Å². The Bertz CT molecular complexity index is 358. The summed E-state index contributed by atoms with van der Waals surface area (Å²) in [4.78, 5) is 17.5. The Morgan fingerprint density at radius 3 is 1.94 bits per heavy atom. The van der Waals surface area contributed by atoms with Gasteiger partial charge in [-0.15, -0.1) is 0 Å². The summed E-state index contributed by atoms with van der Waals surface area (Å²) in [5.74, 6) is -1.62. The molecule has 0 aromatic carbocycles. The fourth-order valence-corrected chi connectivity index (χ4v) is 8.35. The molecular weight excluding hydrogens is 324 g/mol. The number of alkyl halides is 3. The van der Waals surface area contributed by atoms with Gasteiger partial charge in [0.1, 0.15) is 0 Å². The van der Waals surface area contributed by atoms with Gasteiger partial charge in [0.05, 0.1) is 0 Å². The number of carbonyl (C=O) groups is 1. The zero-order valence-electron chi connectivity index (χ0n) is 10.2. The molecule has 0 N–H and O–H groups in total. The van der Waals surface area contributed by atoms with Gasteiger partial charge in [0.2, 0.25) is 0 Å². The van der Waals surface area contributed by atoms with E-state index < -0.39 is 35.8 Å². The molecule has 0 unspecified atom stereocenters. The van der Waals surface area contributed by atoms with Gasteiger partial charge in [-0.05, 0) is 0 Å². The third-order valence-corrected chi connectivity index (χ3v) is 9.37. The van der Waals surface area contributed by atoms with Crippen LogP contribution in [0.15, 0.2) is 9.16 Å². The molecule has 16 heavy (non-hydrogen) atoms. The van der Waals surface area contributed by atoms with Crippen molar-refractivity contribution >= 4 is 24.2 Å². The first-order valence-electron chi connectivity index (χ1n) is 5.23. The predicted molar refractivity (Wildman–Crippen MR) is 59.8 cm³/mol. The average molecular weight is 341 g/mol. The number of ketones is 1. The molecule has 0 aliphatic heterocycles. The van der Waals surface area contributed by atoms with E-state index in [1.54, 1.807) is 13.8 Å². The summed E-state index contributed by atoms with van der Waals surface area (Å²) in [5.41, 5.74) is -0.533. The van der Waals surface area contributed by atoms with Crippen LogP contribution < -0.4 is 0 Å². The molecule has 1 aliphatic rings. The first kappa shape index (κ1) is 14.1. The van der Waals surface area contributed by atoms with Crippen LogP contribution in [0.25, 0.3) is 0 Å². The summed E-state index contributed by atoms with van der Waals surface area (Å²) in [6, 6.07) is 0. The van der Waals surface area contributed by atoms with Crippen LogP contribution in [0.2, 0.25) is 14.8 Å². The van der Waals surface area contributed by atoms with Crippen molar-refractivity contribution in [2.75, 3.05) is 0 Å². The van der Waals surface area contributed by atoms with Crippen LogP contribution in [0.3, 0.4) is 0 Å². The molecule has 0 amide bonds. The van der Waals surface area contributed by atoms with Crippen LogP contribution in [0.1, 0.15) is 20.3 Å². The number of rotatable bonds is 2. The summed E-state index contributed by atoms with van der Waals surface area (Å²) in [5, 5.41) is 0. The molecule has 0 heterocycles. The van der Waals surface area contributed by atoms with Crippen LogP contribution >= 0.6 is 0 Å². The van der Waals surface area contributed by atoms with E-state index in [2.05, 4.69) is 0 Å². The van der Waals surface area contributed by atoms with Crippen LogP contribution in [0, 0.1) is 5.41 Å². The molecule has 1 rings (SSSR count). The molecule has 0 aromatic rings. The van der Waals surface area contributed by atoms with Gasteiger partial charge in [0.25, 0.3) is 0 Å². The number of carbonyl (C=O) groups excluding carboxylic acids is 1. The fraction of sp³-hybridized carbons (Fsp3) is 0.727. The van der Waals surface area contributed by atoms with E-state index in [0.29, 0.717) is 6.42 Å². The van der Waals surface area contributed by atoms with Crippen LogP contribution in [0.4, 0.5) is 13.2 Å². The quantitative estimate of drug-likeness (QED) is 0.700. The zero-order chi connectivity index (χ0) is 12.9. The number of halogens is 3. The van der Waals surface area contributed by atoms with Crippen molar-refractivity contribution in [3.63, 3.8) is 0 Å². The number of allylic oxidation sites excluding steroid dienone is 2. The van der Waals surface area contributed by atoms with Gasteiger partial charge in [-0.3, -0.25) is 0 Å². The van der Waals surface area contributed by atoms with Gasteiger partial charge < -0.3 is 0 Å². The van der Waals surface area contributed by atoms with E-state index in [-0.39, 0.29) is 5.57 Å². The summed E-state index contributed by atoms with van der Waals surface area (Å²) in [6.45, 7) is 3.43. The van der Waals surface area contributed by atoms with Crippen molar-refractivity contribution in [2.45, 2.75) is 41.3 Å². The van der Waals surface area contributed by atoms with Gasteiger partial charge in [-0.1, -0.05) is 0 Å². The van der Waals surface area contributed by atoms with E-state index in [1.165, 1.54) is 0 Å². The third kappa shape index (κ3) is 2.46. The van der Waals surface area contributed by atoms with E-state index in [4.69, 9.17) is 0 Å². The molecule has 0 spiro atoms. The topological polar surface area (TPSA) is 17.1 Å². The average Bonchev–Trinajstić information content (AvgIpc) is 1.96. The Labute approximate surface area is 98.0 Å². The number of Topliss-reactive ketones (excluding diaryl/α,β-unsaturated/α-hetero) is 1. The van der Waals surface area contributed by atoms with Crippen molar-refractivity contribution in [1.29, 1.82) is 0 Å². The third-order valence-electron chi connectivity index (χ3n) is 2.99. The second-order valence-electron chi connectivity index (χ2n) is 5.99. The van der Waals surface area contributed by atoms with Crippen LogP contribution in [-0.2, 0) is 4.79 Å². The Morgan fingerprint density at radius 1 is 1.25 bits per heavy atom. The van der Waals surface area contributed by atoms with E-state index in [1.807, 2.05) is 14.8 Å². The van der Waals surface area contributed by atoms with Crippen molar-refractivity contribution in [3.05, 3.63) is 9.16 Å². The van der Waals surface area contributed by atoms with Crippen LogP contribution in [-0.4, -0.2) is 30.3 Å². The zero-order valence-corrected chi connectivity index (χ0v) is 13.1. The Balaban J connectivity index is 3.22. The SMILES string of the molecule is CC1(C)C[C]([Sn]([CH3])([CH3])[CH3])=C1C(=O)C(F)(F)F. The minimum absolute atomic E-state index is 0.0586. The van der Waals surface area contributed by atoms with E-state index in [0.717, 1.165) is 3.59 Å². The monoisotopic (exact) mass is 342 g/mol. The minimum atomic E-state index is -4.73. The molecule has 0 fully saturated rings. The number of hydrogen-bond acceptors (Lipinski definition) is 1. The van der Waals surface area contributed by atoms with Crippen LogP contribution in [0.5, 0.6) is 0 Å². The molecule has 0 radical (unpaired) electrons. The Hall–Kier alpha value is -0.00130. The normalized spacial score (nSPS) is 20.8. The molecule has 1 nitrogen and oxygen atoms in total. The summed E-state index contributed by atoms with van der Waals surface area (Å²) in [6.07, 6.45) is -4.07. The molecular formula is C11H17F3OSn. The predicted octanol–water partition coefficient (Wildman–Crippen LogP) is 3.72. The molecule has 0 aromatic heterocycles. The molecule has 0 atom stereocenters. The van der Waals surface area contributed by atoms with Crippen molar-refractivity contribution in [1.82, 2.24) is 0 Å². The van der Waals surface area contributed by atoms with Crippen molar-refractivity contribution in [2.24, 2.45) is 5.41 Å². The maximum atomic E-state index is 12.5. The standard InChI is InChI=1S/C8H8F3O.3CH3.Sn/c1-7(2)4-3-5(7)6(12)8(9,10)11;;;;/h4H2,1-2H3;3*1H3;. The Kier molecular flexibility index (Phi) is 3.30. The molecule has 5 heteroatoms. The molecule has 0 bridgehead atoms. The van der Waals surface area contributed by atoms with Gasteiger partial charge in [0.15, 0.2) is 0 Å². The van der Waals surface area contributed by atoms with E-state index in [9.17, 15) is 18.0 Å². The van der Waals surface area contributed by atoms with Gasteiger partial charge in [-0.25, -0.2) is 0 Å². The molecule has 0 saturated carbocycles. The first-order valence-corrected chi connectivity index (χ1v) is 15.2. The summed E-state index contributed by atoms with van der Waals surface area (Å²) < 4.78 is 38.2. The molecule has 92 valence electrons. The van der Waals surface area contributed by atoms with Gasteiger partial charge >= 0.3 is 98.0 Å². The number of hydrogen-bond donors (Lipinski definition) is 0. The van der Waals surface area contributed by atoms with Crippen molar-refractivity contribution < 1.29 is 18.0 Å². The molecule has 0 saturated heterocycles. The fourth-order valence-electron chi connectivity index (χ4n) is 2.15. The van der Waals surface area contributed by atoms with Gasteiger partial charge in [-0.2, -0.15) is 0 Å². The second kappa shape index (κ2) is 3.75. The van der Waals surface area contributed by atoms with E-state index >= 15 is 0 Å². The summed E-state index contributed by atoms with van der Waals surface area (Å²) in [7, 11) is 0. The molecule has 1 aliphatic carbocycles. The first-order chi connectivity index (χ1) is 6.87. The maximum absolute atomic E-state index is 12.5. The van der Waals surface area contributed by atoms with Gasteiger partial charge in [0, 0.05) is 0 Å². The Morgan fingerprint density at radius 2 is 1.69 bits per heavy atom. The summed E-state index contributed by atoms with van der Waals surface area (Å²) >= 11 is -2.55.